The summed E-state index contributed by atoms with van der Waals surface area (Å²) < 4.78 is 15.1. The molecule has 1 fully saturated rings. The first-order chi connectivity index (χ1) is 24.4. The Balaban J connectivity index is 1.18. The fraction of sp³-hybridized carbons (Fsp3) is 0.317. The number of aryl methyl sites for hydroxylation is 1. The van der Waals surface area contributed by atoms with E-state index in [0.717, 1.165) is 41.8 Å². The normalized spacial score (nSPS) is 12.8. The van der Waals surface area contributed by atoms with Crippen molar-refractivity contribution in [2.75, 3.05) is 32.7 Å². The van der Waals surface area contributed by atoms with Crippen LogP contribution in [0.5, 0.6) is 11.5 Å². The third-order valence-electron chi connectivity index (χ3n) is 9.31. The third-order valence-corrected chi connectivity index (χ3v) is 9.61. The number of likely N-dealkylation sites (tertiary alicyclic amines) is 1. The molecule has 6 rings (SSSR count). The van der Waals surface area contributed by atoms with Crippen molar-refractivity contribution in [1.29, 1.82) is 5.26 Å². The average Bonchev–Trinajstić information content (AvgIpc) is 3.52. The molecule has 1 saturated heterocycles. The third kappa shape index (κ3) is 8.67. The maximum atomic E-state index is 11.3. The average molecular weight is 690 g/mol. The van der Waals surface area contributed by atoms with Crippen LogP contribution < -0.4 is 20.1 Å². The van der Waals surface area contributed by atoms with Gasteiger partial charge in [0.05, 0.1) is 16.7 Å². The molecule has 50 heavy (non-hydrogen) atoms. The van der Waals surface area contributed by atoms with Crippen LogP contribution in [0.2, 0.25) is 5.02 Å². The summed E-state index contributed by atoms with van der Waals surface area (Å²) in [5.41, 5.74) is 8.22. The lowest BCUT2D eigenvalue weighted by Gasteiger charge is -2.30. The maximum Gasteiger partial charge on any atom is 0.216 e. The zero-order chi connectivity index (χ0) is 34.9. The zero-order valence-corrected chi connectivity index (χ0v) is 29.6. The number of benzene rings is 4. The molecule has 8 nitrogen and oxygen atoms in total. The molecule has 0 saturated carbocycles. The van der Waals surface area contributed by atoms with E-state index in [-0.39, 0.29) is 12.5 Å². The van der Waals surface area contributed by atoms with Crippen molar-refractivity contribution in [1.82, 2.24) is 20.1 Å². The molecular weight excluding hydrogens is 646 g/mol. The van der Waals surface area contributed by atoms with E-state index < -0.39 is 0 Å². The van der Waals surface area contributed by atoms with Gasteiger partial charge in [0.1, 0.15) is 24.7 Å². The van der Waals surface area contributed by atoms with Gasteiger partial charge in [-0.2, -0.15) is 5.26 Å². The van der Waals surface area contributed by atoms with Gasteiger partial charge < -0.3 is 29.6 Å². The Morgan fingerprint density at radius 1 is 0.900 bits per heavy atom. The number of ether oxygens (including phenoxy) is 2. The van der Waals surface area contributed by atoms with Crippen molar-refractivity contribution >= 4 is 28.4 Å². The molecule has 0 atom stereocenters. The highest BCUT2D eigenvalue weighted by atomic mass is 35.5. The Hall–Kier alpha value is -4.81. The number of aromatic nitrogens is 1. The van der Waals surface area contributed by atoms with Gasteiger partial charge in [0.2, 0.25) is 5.91 Å². The summed E-state index contributed by atoms with van der Waals surface area (Å²) in [5, 5.41) is 17.2. The number of hydrogen-bond donors (Lipinski definition) is 2. The van der Waals surface area contributed by atoms with Crippen molar-refractivity contribution in [3.8, 4) is 28.7 Å². The summed E-state index contributed by atoms with van der Waals surface area (Å²) in [6, 6.07) is 28.4. The smallest absolute Gasteiger partial charge is 0.216 e. The van der Waals surface area contributed by atoms with Gasteiger partial charge in [-0.15, -0.1) is 0 Å². The summed E-state index contributed by atoms with van der Waals surface area (Å²) in [5.74, 6) is 1.09. The van der Waals surface area contributed by atoms with Gasteiger partial charge in [0, 0.05) is 61.8 Å². The van der Waals surface area contributed by atoms with Crippen molar-refractivity contribution < 1.29 is 14.3 Å². The molecule has 0 spiro atoms. The molecule has 0 bridgehead atoms. The van der Waals surface area contributed by atoms with Crippen LogP contribution in [0, 0.1) is 18.3 Å². The largest absolute Gasteiger partial charge is 0.488 e. The monoisotopic (exact) mass is 689 g/mol. The second-order valence-corrected chi connectivity index (χ2v) is 13.2. The Labute approximate surface area is 299 Å². The predicted molar refractivity (Wildman–Crippen MR) is 199 cm³/mol. The topological polar surface area (TPSA) is 91.6 Å². The van der Waals surface area contributed by atoms with E-state index in [2.05, 4.69) is 81.8 Å². The van der Waals surface area contributed by atoms with Crippen LogP contribution in [0.1, 0.15) is 47.6 Å². The van der Waals surface area contributed by atoms with Crippen molar-refractivity contribution in [2.45, 2.75) is 53.0 Å². The SMILES string of the molecule is CC(=O)NCCNCc1cc(Cl)c(OCc2cccc(-c3cccc4c3ccn4CCCN3CCC3)c2C)cc1OCc1cccc(C#N)c1. The zero-order valence-electron chi connectivity index (χ0n) is 28.8. The minimum absolute atomic E-state index is 0.0692. The first-order valence-electron chi connectivity index (χ1n) is 17.3. The number of carbonyl (C=O) groups is 1. The quantitative estimate of drug-likeness (QED) is 0.104. The van der Waals surface area contributed by atoms with E-state index in [4.69, 9.17) is 21.1 Å². The molecule has 2 N–H and O–H groups in total. The number of rotatable bonds is 16. The van der Waals surface area contributed by atoms with Gasteiger partial charge in [0.15, 0.2) is 0 Å². The molecule has 2 heterocycles. The van der Waals surface area contributed by atoms with E-state index in [1.807, 2.05) is 30.3 Å². The lowest BCUT2D eigenvalue weighted by molar-refractivity contribution is -0.118. The minimum Gasteiger partial charge on any atom is -0.488 e. The number of hydrogen-bond acceptors (Lipinski definition) is 6. The Bertz CT molecular complexity index is 1990. The van der Waals surface area contributed by atoms with Crippen LogP contribution >= 0.6 is 11.6 Å². The van der Waals surface area contributed by atoms with Crippen LogP contribution in [-0.2, 0) is 31.1 Å². The van der Waals surface area contributed by atoms with Crippen LogP contribution in [-0.4, -0.2) is 48.1 Å². The summed E-state index contributed by atoms with van der Waals surface area (Å²) in [7, 11) is 0. The van der Waals surface area contributed by atoms with Crippen LogP contribution in [0.3, 0.4) is 0 Å². The van der Waals surface area contributed by atoms with Gasteiger partial charge in [-0.05, 0) is 97.5 Å². The summed E-state index contributed by atoms with van der Waals surface area (Å²) >= 11 is 6.80. The molecule has 1 aromatic heterocycles. The molecule has 5 aromatic rings. The molecule has 1 amide bonds. The number of nitriles is 1. The van der Waals surface area contributed by atoms with Gasteiger partial charge >= 0.3 is 0 Å². The number of fused-ring (bicyclic) bond motifs is 1. The number of halogens is 1. The van der Waals surface area contributed by atoms with E-state index in [1.54, 1.807) is 6.07 Å². The molecule has 0 radical (unpaired) electrons. The minimum atomic E-state index is -0.0692. The summed E-state index contributed by atoms with van der Waals surface area (Å²) in [6.07, 6.45) is 4.70. The standard InChI is InChI=1S/C41H44ClN5O3/c1-29-33(10-4-11-35(29)36-12-5-13-39-37(36)14-21-47(39)20-7-19-46-17-6-18-46)28-50-41-24-40(49-27-32-9-3-8-31(22-32)25-43)34(23-38(41)42)26-44-15-16-45-30(2)48/h3-5,8-14,21-24,44H,6-7,15-20,26-28H2,1-2H3,(H,45,48). The molecular formula is C41H44ClN5O3. The molecule has 0 aliphatic carbocycles. The Kier molecular flexibility index (Phi) is 11.7. The summed E-state index contributed by atoms with van der Waals surface area (Å²) in [6.45, 7) is 10.5. The molecule has 258 valence electrons. The Morgan fingerprint density at radius 3 is 2.50 bits per heavy atom. The first-order valence-corrected chi connectivity index (χ1v) is 17.7. The summed E-state index contributed by atoms with van der Waals surface area (Å²) in [4.78, 5) is 13.8. The number of carbonyl (C=O) groups excluding carboxylic acids is 1. The first kappa shape index (κ1) is 35.0. The van der Waals surface area contributed by atoms with Gasteiger partial charge in [-0.25, -0.2) is 0 Å². The number of amides is 1. The fourth-order valence-corrected chi connectivity index (χ4v) is 6.65. The molecule has 0 unspecified atom stereocenters. The molecule has 4 aromatic carbocycles. The second-order valence-electron chi connectivity index (χ2n) is 12.8. The van der Waals surface area contributed by atoms with E-state index in [9.17, 15) is 10.1 Å². The lowest BCUT2D eigenvalue weighted by Crippen LogP contribution is -2.37. The van der Waals surface area contributed by atoms with Gasteiger partial charge in [-0.1, -0.05) is 54.1 Å². The number of nitrogens with zero attached hydrogens (tertiary/aromatic N) is 3. The van der Waals surface area contributed by atoms with Crippen molar-refractivity contribution in [2.24, 2.45) is 0 Å². The van der Waals surface area contributed by atoms with E-state index in [0.29, 0.717) is 48.3 Å². The van der Waals surface area contributed by atoms with Crippen molar-refractivity contribution in [3.05, 3.63) is 118 Å². The highest BCUT2D eigenvalue weighted by molar-refractivity contribution is 6.32. The predicted octanol–water partition coefficient (Wildman–Crippen LogP) is 7.62. The van der Waals surface area contributed by atoms with Crippen LogP contribution in [0.25, 0.3) is 22.0 Å². The molecule has 9 heteroatoms. The second kappa shape index (κ2) is 16.7. The van der Waals surface area contributed by atoms with E-state index >= 15 is 0 Å². The Morgan fingerprint density at radius 2 is 1.70 bits per heavy atom. The highest BCUT2D eigenvalue weighted by Crippen LogP contribution is 2.36. The van der Waals surface area contributed by atoms with Gasteiger partial charge in [0.25, 0.3) is 0 Å². The van der Waals surface area contributed by atoms with Crippen molar-refractivity contribution in [3.63, 3.8) is 0 Å². The molecule has 1 aliphatic heterocycles. The maximum absolute atomic E-state index is 11.3. The lowest BCUT2D eigenvalue weighted by atomic mass is 9.94. The fourth-order valence-electron chi connectivity index (χ4n) is 6.41. The highest BCUT2D eigenvalue weighted by Gasteiger charge is 2.16. The van der Waals surface area contributed by atoms with Crippen LogP contribution in [0.15, 0.2) is 85.1 Å². The van der Waals surface area contributed by atoms with E-state index in [1.165, 1.54) is 48.5 Å². The molecule has 1 aliphatic rings. The van der Waals surface area contributed by atoms with Crippen LogP contribution in [0.4, 0.5) is 0 Å². The van der Waals surface area contributed by atoms with Gasteiger partial charge in [-0.3, -0.25) is 4.79 Å². The number of nitrogens with one attached hydrogen (secondary N) is 2.